The molecule has 0 saturated heterocycles. The minimum atomic E-state index is 0.339. The summed E-state index contributed by atoms with van der Waals surface area (Å²) < 4.78 is 5.68. The molecule has 0 aromatic carbocycles. The Kier molecular flexibility index (Phi) is 13.9. The average Bonchev–Trinajstić information content (AvgIpc) is 2.33. The van der Waals surface area contributed by atoms with Crippen molar-refractivity contribution < 1.29 is 9.84 Å². The molecule has 0 aromatic rings. The zero-order chi connectivity index (χ0) is 12.8. The highest BCUT2D eigenvalue weighted by Gasteiger charge is 2.01. The summed E-state index contributed by atoms with van der Waals surface area (Å²) in [5.74, 6) is 0.718. The second-order valence-electron chi connectivity index (χ2n) is 5.17. The Bertz CT molecular complexity index is 137. The van der Waals surface area contributed by atoms with Crippen molar-refractivity contribution in [2.45, 2.75) is 71.6 Å². The summed E-state index contributed by atoms with van der Waals surface area (Å²) in [5, 5.41) is 8.63. The number of hydrogen-bond donors (Lipinski definition) is 1. The summed E-state index contributed by atoms with van der Waals surface area (Å²) in [6, 6.07) is 0. The molecule has 0 bridgehead atoms. The van der Waals surface area contributed by atoms with Gasteiger partial charge in [-0.15, -0.1) is 0 Å². The van der Waals surface area contributed by atoms with Crippen LogP contribution in [0.15, 0.2) is 0 Å². The molecular formula is C15H32O2. The van der Waals surface area contributed by atoms with Crippen molar-refractivity contribution >= 4 is 0 Å². The second-order valence-corrected chi connectivity index (χ2v) is 5.17. The Morgan fingerprint density at radius 2 is 1.65 bits per heavy atom. The van der Waals surface area contributed by atoms with Gasteiger partial charge in [0, 0.05) is 19.8 Å². The number of unbranched alkanes of at least 4 members (excludes halogenated alkanes) is 6. The molecule has 0 fully saturated rings. The topological polar surface area (TPSA) is 29.5 Å². The molecule has 0 radical (unpaired) electrons. The van der Waals surface area contributed by atoms with Gasteiger partial charge in [-0.1, -0.05) is 52.4 Å². The second kappa shape index (κ2) is 14.0. The molecule has 2 nitrogen and oxygen atoms in total. The molecule has 1 atom stereocenters. The molecule has 0 heterocycles. The smallest absolute Gasteiger partial charge is 0.0491 e. The maximum atomic E-state index is 8.63. The van der Waals surface area contributed by atoms with E-state index in [0.717, 1.165) is 32.0 Å². The van der Waals surface area contributed by atoms with Gasteiger partial charge >= 0.3 is 0 Å². The molecular weight excluding hydrogens is 212 g/mol. The van der Waals surface area contributed by atoms with Gasteiger partial charge in [-0.25, -0.2) is 0 Å². The van der Waals surface area contributed by atoms with Crippen molar-refractivity contribution in [3.8, 4) is 0 Å². The zero-order valence-electron chi connectivity index (χ0n) is 11.9. The van der Waals surface area contributed by atoms with Crippen LogP contribution in [0.5, 0.6) is 0 Å². The largest absolute Gasteiger partial charge is 0.396 e. The summed E-state index contributed by atoms with van der Waals surface area (Å²) in [5.41, 5.74) is 0. The van der Waals surface area contributed by atoms with Crippen LogP contribution in [0.3, 0.4) is 0 Å². The molecule has 0 spiro atoms. The van der Waals surface area contributed by atoms with E-state index in [2.05, 4.69) is 13.8 Å². The molecule has 104 valence electrons. The summed E-state index contributed by atoms with van der Waals surface area (Å²) in [6.07, 6.45) is 11.1. The lowest BCUT2D eigenvalue weighted by atomic mass is 10.0. The monoisotopic (exact) mass is 244 g/mol. The van der Waals surface area contributed by atoms with Crippen LogP contribution >= 0.6 is 0 Å². The first kappa shape index (κ1) is 16.9. The first-order valence-electron chi connectivity index (χ1n) is 7.49. The fourth-order valence-electron chi connectivity index (χ4n) is 1.96. The van der Waals surface area contributed by atoms with E-state index in [1.54, 1.807) is 0 Å². The van der Waals surface area contributed by atoms with Crippen LogP contribution in [0.1, 0.15) is 71.6 Å². The van der Waals surface area contributed by atoms with E-state index in [4.69, 9.17) is 9.84 Å². The highest BCUT2D eigenvalue weighted by molar-refractivity contribution is 4.52. The minimum absolute atomic E-state index is 0.339. The third kappa shape index (κ3) is 13.9. The Balaban J connectivity index is 3.05. The maximum Gasteiger partial charge on any atom is 0.0491 e. The van der Waals surface area contributed by atoms with Crippen molar-refractivity contribution in [3.05, 3.63) is 0 Å². The van der Waals surface area contributed by atoms with Crippen molar-refractivity contribution in [2.24, 2.45) is 5.92 Å². The van der Waals surface area contributed by atoms with E-state index in [1.807, 2.05) is 0 Å². The van der Waals surface area contributed by atoms with Crippen molar-refractivity contribution in [3.63, 3.8) is 0 Å². The fraction of sp³-hybridized carbons (Fsp3) is 1.00. The number of ether oxygens (including phenoxy) is 1. The quantitative estimate of drug-likeness (QED) is 0.493. The van der Waals surface area contributed by atoms with Gasteiger partial charge in [-0.2, -0.15) is 0 Å². The predicted molar refractivity (Wildman–Crippen MR) is 74.3 cm³/mol. The molecule has 0 amide bonds. The van der Waals surface area contributed by atoms with E-state index in [0.29, 0.717) is 6.61 Å². The molecule has 17 heavy (non-hydrogen) atoms. The molecule has 0 saturated carbocycles. The highest BCUT2D eigenvalue weighted by atomic mass is 16.5. The van der Waals surface area contributed by atoms with Gasteiger partial charge in [0.05, 0.1) is 0 Å². The lowest BCUT2D eigenvalue weighted by Gasteiger charge is -2.11. The van der Waals surface area contributed by atoms with E-state index in [-0.39, 0.29) is 0 Å². The van der Waals surface area contributed by atoms with Gasteiger partial charge in [0.1, 0.15) is 0 Å². The van der Waals surface area contributed by atoms with Crippen LogP contribution in [0.4, 0.5) is 0 Å². The lowest BCUT2D eigenvalue weighted by molar-refractivity contribution is 0.0976. The predicted octanol–water partition coefficient (Wildman–Crippen LogP) is 4.16. The molecule has 0 aliphatic heterocycles. The van der Waals surface area contributed by atoms with E-state index < -0.39 is 0 Å². The number of aliphatic hydroxyl groups is 1. The van der Waals surface area contributed by atoms with Crippen molar-refractivity contribution in [1.29, 1.82) is 0 Å². The number of aliphatic hydroxyl groups excluding tert-OH is 1. The third-order valence-electron chi connectivity index (χ3n) is 3.15. The van der Waals surface area contributed by atoms with Gasteiger partial charge < -0.3 is 9.84 Å². The van der Waals surface area contributed by atoms with Gasteiger partial charge in [0.25, 0.3) is 0 Å². The Labute approximate surface area is 108 Å². The Hall–Kier alpha value is -0.0800. The fourth-order valence-corrected chi connectivity index (χ4v) is 1.96. The lowest BCUT2D eigenvalue weighted by Crippen LogP contribution is -2.07. The molecule has 1 unspecified atom stereocenters. The molecule has 0 aromatic heterocycles. The average molecular weight is 244 g/mol. The van der Waals surface area contributed by atoms with Crippen LogP contribution in [0.2, 0.25) is 0 Å². The van der Waals surface area contributed by atoms with Crippen LogP contribution < -0.4 is 0 Å². The first-order chi connectivity index (χ1) is 8.31. The first-order valence-corrected chi connectivity index (χ1v) is 7.49. The molecule has 0 aliphatic rings. The Morgan fingerprint density at radius 3 is 2.35 bits per heavy atom. The highest BCUT2D eigenvalue weighted by Crippen LogP contribution is 2.10. The van der Waals surface area contributed by atoms with Crippen LogP contribution in [-0.2, 0) is 4.74 Å². The molecule has 0 aliphatic carbocycles. The van der Waals surface area contributed by atoms with Gasteiger partial charge in [-0.3, -0.25) is 0 Å². The minimum Gasteiger partial charge on any atom is -0.396 e. The molecule has 1 N–H and O–H groups in total. The summed E-state index contributed by atoms with van der Waals surface area (Å²) in [7, 11) is 0. The van der Waals surface area contributed by atoms with Crippen molar-refractivity contribution in [2.75, 3.05) is 19.8 Å². The van der Waals surface area contributed by atoms with Gasteiger partial charge in [0.15, 0.2) is 0 Å². The number of rotatable bonds is 13. The SMILES string of the molecule is CCCCCC(C)COCCCCCCCO. The van der Waals surface area contributed by atoms with Gasteiger partial charge in [0.2, 0.25) is 0 Å². The standard InChI is InChI=1S/C15H32O2/c1-3-4-8-11-15(2)14-17-13-10-7-5-6-9-12-16/h15-16H,3-14H2,1-2H3. The maximum absolute atomic E-state index is 8.63. The van der Waals surface area contributed by atoms with Gasteiger partial charge in [-0.05, 0) is 25.2 Å². The molecule has 2 heteroatoms. The van der Waals surface area contributed by atoms with E-state index in [1.165, 1.54) is 44.9 Å². The molecule has 0 rings (SSSR count). The number of hydrogen-bond acceptors (Lipinski definition) is 2. The third-order valence-corrected chi connectivity index (χ3v) is 3.15. The van der Waals surface area contributed by atoms with Crippen LogP contribution in [-0.4, -0.2) is 24.9 Å². The van der Waals surface area contributed by atoms with E-state index >= 15 is 0 Å². The van der Waals surface area contributed by atoms with Crippen molar-refractivity contribution in [1.82, 2.24) is 0 Å². The van der Waals surface area contributed by atoms with Crippen LogP contribution in [0, 0.1) is 5.92 Å². The zero-order valence-corrected chi connectivity index (χ0v) is 11.9. The summed E-state index contributed by atoms with van der Waals surface area (Å²) >= 11 is 0. The normalized spacial score (nSPS) is 12.9. The summed E-state index contributed by atoms with van der Waals surface area (Å²) in [4.78, 5) is 0. The van der Waals surface area contributed by atoms with E-state index in [9.17, 15) is 0 Å². The summed E-state index contributed by atoms with van der Waals surface area (Å²) in [6.45, 7) is 6.72. The van der Waals surface area contributed by atoms with Crippen LogP contribution in [0.25, 0.3) is 0 Å². The Morgan fingerprint density at radius 1 is 0.941 bits per heavy atom.